The minimum atomic E-state index is -2.62. The number of halogens is 3. The van der Waals surface area contributed by atoms with Gasteiger partial charge in [-0.1, -0.05) is 6.07 Å². The molecule has 0 saturated heterocycles. The van der Waals surface area contributed by atoms with Crippen LogP contribution >= 0.6 is 0 Å². The number of para-hydroxylation sites is 1. The van der Waals surface area contributed by atoms with Gasteiger partial charge < -0.3 is 4.98 Å². The van der Waals surface area contributed by atoms with Crippen LogP contribution in [-0.2, 0) is 13.1 Å². The molecule has 3 rings (SSSR count). The largest absolute Gasteiger partial charge is 0.341 e. The van der Waals surface area contributed by atoms with Gasteiger partial charge >= 0.3 is 6.55 Å². The summed E-state index contributed by atoms with van der Waals surface area (Å²) in [6, 6.07) is 4.68. The molecule has 2 aromatic heterocycles. The predicted octanol–water partition coefficient (Wildman–Crippen LogP) is 2.93. The summed E-state index contributed by atoms with van der Waals surface area (Å²) in [5.41, 5.74) is 0.887. The first-order valence-electron chi connectivity index (χ1n) is 6.66. The van der Waals surface area contributed by atoms with Crippen LogP contribution in [0.15, 0.2) is 30.6 Å². The first-order chi connectivity index (χ1) is 10.5. The summed E-state index contributed by atoms with van der Waals surface area (Å²) in [5, 5.41) is 0. The van der Waals surface area contributed by atoms with Crippen molar-refractivity contribution < 1.29 is 13.2 Å². The highest BCUT2D eigenvalue weighted by molar-refractivity contribution is 5.75. The molecular formula is C14H14F3N5. The van der Waals surface area contributed by atoms with Crippen molar-refractivity contribution in [3.8, 4) is 0 Å². The number of hydrogen-bond donors (Lipinski definition) is 1. The van der Waals surface area contributed by atoms with Crippen molar-refractivity contribution in [1.29, 1.82) is 0 Å². The van der Waals surface area contributed by atoms with Crippen molar-refractivity contribution in [3.63, 3.8) is 0 Å². The van der Waals surface area contributed by atoms with E-state index in [4.69, 9.17) is 0 Å². The fraction of sp³-hybridized carbons (Fsp3) is 0.286. The highest BCUT2D eigenvalue weighted by atomic mass is 19.3. The third-order valence-electron chi connectivity index (χ3n) is 3.30. The van der Waals surface area contributed by atoms with Crippen LogP contribution in [0.2, 0.25) is 0 Å². The zero-order valence-electron chi connectivity index (χ0n) is 11.8. The second-order valence-corrected chi connectivity index (χ2v) is 5.02. The number of nitrogens with zero attached hydrogens (tertiary/aromatic N) is 4. The van der Waals surface area contributed by atoms with Crippen LogP contribution in [0.1, 0.15) is 18.2 Å². The standard InChI is InChI=1S/C14H14F3N5/c1-21(8-12-18-5-6-22(12)14(16)17)7-11-19-10-4-2-3-9(15)13(10)20-11/h2-6,14H,7-8H2,1H3,(H,19,20). The summed E-state index contributed by atoms with van der Waals surface area (Å²) in [7, 11) is 1.76. The molecule has 0 aliphatic rings. The number of aromatic nitrogens is 4. The maximum atomic E-state index is 13.6. The van der Waals surface area contributed by atoms with Gasteiger partial charge in [-0.2, -0.15) is 8.78 Å². The van der Waals surface area contributed by atoms with E-state index in [0.717, 1.165) is 4.57 Å². The minimum absolute atomic E-state index is 0.233. The van der Waals surface area contributed by atoms with Gasteiger partial charge in [0.25, 0.3) is 0 Å². The van der Waals surface area contributed by atoms with E-state index in [1.807, 2.05) is 0 Å². The number of nitrogens with one attached hydrogen (secondary N) is 1. The number of hydrogen-bond acceptors (Lipinski definition) is 3. The molecule has 0 spiro atoms. The van der Waals surface area contributed by atoms with Crippen LogP contribution in [0.5, 0.6) is 0 Å². The van der Waals surface area contributed by atoms with Gasteiger partial charge in [-0.05, 0) is 19.2 Å². The van der Waals surface area contributed by atoms with E-state index in [2.05, 4.69) is 15.0 Å². The quantitative estimate of drug-likeness (QED) is 0.788. The van der Waals surface area contributed by atoms with Gasteiger partial charge in [0.1, 0.15) is 17.2 Å². The van der Waals surface area contributed by atoms with E-state index < -0.39 is 12.4 Å². The third-order valence-corrected chi connectivity index (χ3v) is 3.30. The first kappa shape index (κ1) is 14.6. The van der Waals surface area contributed by atoms with E-state index in [0.29, 0.717) is 17.9 Å². The fourth-order valence-corrected chi connectivity index (χ4v) is 2.32. The topological polar surface area (TPSA) is 49.7 Å². The lowest BCUT2D eigenvalue weighted by molar-refractivity contribution is 0.0644. The van der Waals surface area contributed by atoms with Gasteiger partial charge in [0, 0.05) is 12.4 Å². The van der Waals surface area contributed by atoms with Crippen molar-refractivity contribution in [1.82, 2.24) is 24.4 Å². The van der Waals surface area contributed by atoms with Gasteiger partial charge in [0.15, 0.2) is 5.82 Å². The van der Waals surface area contributed by atoms with Crippen LogP contribution in [0.25, 0.3) is 11.0 Å². The molecule has 1 N–H and O–H groups in total. The van der Waals surface area contributed by atoms with Crippen molar-refractivity contribution in [3.05, 3.63) is 48.1 Å². The van der Waals surface area contributed by atoms with Crippen molar-refractivity contribution in [2.75, 3.05) is 7.05 Å². The Balaban J connectivity index is 1.74. The lowest BCUT2D eigenvalue weighted by Crippen LogP contribution is -2.21. The van der Waals surface area contributed by atoms with Crippen LogP contribution < -0.4 is 0 Å². The highest BCUT2D eigenvalue weighted by Crippen LogP contribution is 2.17. The molecule has 2 heterocycles. The Morgan fingerprint density at radius 3 is 2.86 bits per heavy atom. The monoisotopic (exact) mass is 309 g/mol. The molecule has 8 heteroatoms. The number of alkyl halides is 2. The van der Waals surface area contributed by atoms with Gasteiger partial charge in [-0.15, -0.1) is 0 Å². The third kappa shape index (κ3) is 2.82. The zero-order chi connectivity index (χ0) is 15.7. The molecule has 0 aliphatic heterocycles. The predicted molar refractivity (Wildman–Crippen MR) is 74.7 cm³/mol. The lowest BCUT2D eigenvalue weighted by atomic mass is 10.3. The van der Waals surface area contributed by atoms with Gasteiger partial charge in [0.2, 0.25) is 0 Å². The molecule has 0 saturated carbocycles. The molecular weight excluding hydrogens is 295 g/mol. The van der Waals surface area contributed by atoms with Gasteiger partial charge in [-0.3, -0.25) is 9.47 Å². The second kappa shape index (κ2) is 5.80. The SMILES string of the molecule is CN(Cc1nc2c(F)cccc2[nH]1)Cc1nccn1C(F)F. The normalized spacial score (nSPS) is 11.9. The maximum Gasteiger partial charge on any atom is 0.319 e. The number of benzene rings is 1. The first-order valence-corrected chi connectivity index (χ1v) is 6.66. The van der Waals surface area contributed by atoms with Crippen LogP contribution in [0.3, 0.4) is 0 Å². The summed E-state index contributed by atoms with van der Waals surface area (Å²) in [6.45, 7) is -2.02. The Kier molecular flexibility index (Phi) is 3.84. The van der Waals surface area contributed by atoms with Crippen molar-refractivity contribution in [2.45, 2.75) is 19.6 Å². The van der Waals surface area contributed by atoms with Gasteiger partial charge in [-0.25, -0.2) is 14.4 Å². The van der Waals surface area contributed by atoms with Gasteiger partial charge in [0.05, 0.1) is 18.6 Å². The minimum Gasteiger partial charge on any atom is -0.341 e. The molecule has 0 atom stereocenters. The molecule has 0 radical (unpaired) electrons. The van der Waals surface area contributed by atoms with Crippen LogP contribution in [0.4, 0.5) is 13.2 Å². The molecule has 0 fully saturated rings. The molecule has 0 bridgehead atoms. The number of H-pyrrole nitrogens is 1. The highest BCUT2D eigenvalue weighted by Gasteiger charge is 2.14. The molecule has 0 amide bonds. The molecule has 3 aromatic rings. The summed E-state index contributed by atoms with van der Waals surface area (Å²) in [6.07, 6.45) is 2.58. The molecule has 0 aliphatic carbocycles. The Morgan fingerprint density at radius 2 is 2.14 bits per heavy atom. The number of fused-ring (bicyclic) bond motifs is 1. The van der Waals surface area contributed by atoms with Crippen LogP contribution in [-0.4, -0.2) is 31.5 Å². The van der Waals surface area contributed by atoms with E-state index in [1.165, 1.54) is 18.5 Å². The second-order valence-electron chi connectivity index (χ2n) is 5.02. The molecule has 22 heavy (non-hydrogen) atoms. The molecule has 0 unspecified atom stereocenters. The average molecular weight is 309 g/mol. The fourth-order valence-electron chi connectivity index (χ4n) is 2.32. The Bertz CT molecular complexity index is 780. The summed E-state index contributed by atoms with van der Waals surface area (Å²) < 4.78 is 39.9. The average Bonchev–Trinajstić information content (AvgIpc) is 3.05. The summed E-state index contributed by atoms with van der Waals surface area (Å²) in [5.74, 6) is 0.438. The Hall–Kier alpha value is -2.35. The number of imidazole rings is 2. The number of rotatable bonds is 5. The zero-order valence-corrected chi connectivity index (χ0v) is 11.8. The van der Waals surface area contributed by atoms with Crippen molar-refractivity contribution in [2.24, 2.45) is 0 Å². The number of aromatic amines is 1. The van der Waals surface area contributed by atoms with E-state index in [1.54, 1.807) is 24.1 Å². The Morgan fingerprint density at radius 1 is 1.32 bits per heavy atom. The van der Waals surface area contributed by atoms with Crippen LogP contribution in [0, 0.1) is 5.82 Å². The Labute approximate surface area is 124 Å². The summed E-state index contributed by atoms with van der Waals surface area (Å²) in [4.78, 5) is 12.9. The molecule has 1 aromatic carbocycles. The molecule has 5 nitrogen and oxygen atoms in total. The summed E-state index contributed by atoms with van der Waals surface area (Å²) >= 11 is 0. The lowest BCUT2D eigenvalue weighted by Gasteiger charge is -2.15. The molecule has 116 valence electrons. The smallest absolute Gasteiger partial charge is 0.319 e. The van der Waals surface area contributed by atoms with E-state index in [9.17, 15) is 13.2 Å². The van der Waals surface area contributed by atoms with E-state index in [-0.39, 0.29) is 17.9 Å². The van der Waals surface area contributed by atoms with Crippen molar-refractivity contribution >= 4 is 11.0 Å². The maximum absolute atomic E-state index is 13.6. The van der Waals surface area contributed by atoms with E-state index >= 15 is 0 Å².